The lowest BCUT2D eigenvalue weighted by Gasteiger charge is -2.06. The molecule has 3 aromatic heterocycles. The zero-order valence-corrected chi connectivity index (χ0v) is 11.5. The summed E-state index contributed by atoms with van der Waals surface area (Å²) in [4.78, 5) is 12.5. The smallest absolute Gasteiger partial charge is 0.234 e. The molecular weight excluding hydrogens is 256 g/mol. The number of aryl methyl sites for hydroxylation is 2. The van der Waals surface area contributed by atoms with E-state index in [-0.39, 0.29) is 5.92 Å². The van der Waals surface area contributed by atoms with Crippen molar-refractivity contribution in [2.45, 2.75) is 26.7 Å². The van der Waals surface area contributed by atoms with E-state index < -0.39 is 0 Å². The quantitative estimate of drug-likeness (QED) is 0.782. The number of rotatable bonds is 3. The minimum atomic E-state index is -0.0216. The maximum atomic E-state index is 5.34. The fourth-order valence-electron chi connectivity index (χ4n) is 2.25. The number of hydrogen-bond donors (Lipinski definition) is 1. The van der Waals surface area contributed by atoms with Crippen LogP contribution in [-0.4, -0.2) is 30.3 Å². The van der Waals surface area contributed by atoms with E-state index >= 15 is 0 Å². The third-order valence-electron chi connectivity index (χ3n) is 3.22. The van der Waals surface area contributed by atoms with Crippen molar-refractivity contribution in [3.05, 3.63) is 41.4 Å². The molecule has 1 atom stereocenters. The molecule has 0 aliphatic heterocycles. The van der Waals surface area contributed by atoms with E-state index in [9.17, 15) is 0 Å². The van der Waals surface area contributed by atoms with E-state index in [1.165, 1.54) is 0 Å². The average Bonchev–Trinajstić information content (AvgIpc) is 3.07. The van der Waals surface area contributed by atoms with Crippen molar-refractivity contribution in [2.24, 2.45) is 0 Å². The summed E-state index contributed by atoms with van der Waals surface area (Å²) in [5, 5.41) is 11.1. The molecule has 0 radical (unpaired) electrons. The van der Waals surface area contributed by atoms with Gasteiger partial charge in [-0.15, -0.1) is 0 Å². The van der Waals surface area contributed by atoms with Gasteiger partial charge < -0.3 is 4.52 Å². The molecule has 0 saturated carbocycles. The molecule has 0 saturated heterocycles. The van der Waals surface area contributed by atoms with Gasteiger partial charge in [0.15, 0.2) is 0 Å². The molecule has 0 aliphatic rings. The summed E-state index contributed by atoms with van der Waals surface area (Å²) >= 11 is 0. The number of H-pyrrole nitrogens is 1. The minimum Gasteiger partial charge on any atom is -0.338 e. The van der Waals surface area contributed by atoms with Crippen LogP contribution in [0.5, 0.6) is 0 Å². The van der Waals surface area contributed by atoms with Crippen molar-refractivity contribution < 1.29 is 4.52 Å². The molecule has 1 N–H and O–H groups in total. The first-order valence-electron chi connectivity index (χ1n) is 6.28. The lowest BCUT2D eigenvalue weighted by molar-refractivity contribution is 0.370. The Kier molecular flexibility index (Phi) is 3.02. The number of aromatic nitrogens is 6. The fraction of sp³-hybridized carbons (Fsp3) is 0.308. The topological polar surface area (TPSA) is 93.4 Å². The Bertz CT molecular complexity index is 698. The number of nitrogens with zero attached hydrogens (tertiary/aromatic N) is 5. The first-order chi connectivity index (χ1) is 9.66. The molecule has 3 rings (SSSR count). The van der Waals surface area contributed by atoms with Crippen LogP contribution in [0.2, 0.25) is 0 Å². The zero-order chi connectivity index (χ0) is 14.1. The first kappa shape index (κ1) is 12.5. The van der Waals surface area contributed by atoms with Gasteiger partial charge in [-0.1, -0.05) is 5.16 Å². The molecule has 102 valence electrons. The average molecular weight is 270 g/mol. The zero-order valence-electron chi connectivity index (χ0n) is 11.5. The van der Waals surface area contributed by atoms with Gasteiger partial charge in [-0.25, -0.2) is 4.98 Å². The van der Waals surface area contributed by atoms with Gasteiger partial charge in [-0.05, 0) is 20.8 Å². The normalized spacial score (nSPS) is 12.6. The Morgan fingerprint density at radius 3 is 2.75 bits per heavy atom. The SMILES string of the molecule is Cc1n[nH]c(C)c1[C@@H](C)c1nc(-c2cnccn2)no1. The molecule has 0 bridgehead atoms. The van der Waals surface area contributed by atoms with E-state index in [0.717, 1.165) is 17.0 Å². The number of hydrogen-bond acceptors (Lipinski definition) is 6. The second-order valence-corrected chi connectivity index (χ2v) is 4.62. The van der Waals surface area contributed by atoms with Crippen molar-refractivity contribution in [2.75, 3.05) is 0 Å². The Morgan fingerprint density at radius 2 is 2.10 bits per heavy atom. The van der Waals surface area contributed by atoms with Gasteiger partial charge in [0.05, 0.1) is 17.8 Å². The molecular formula is C13H14N6O. The van der Waals surface area contributed by atoms with Crippen molar-refractivity contribution >= 4 is 0 Å². The van der Waals surface area contributed by atoms with Crippen LogP contribution >= 0.6 is 0 Å². The Hall–Kier alpha value is -2.57. The molecule has 0 unspecified atom stereocenters. The number of aromatic amines is 1. The van der Waals surface area contributed by atoms with Crippen LogP contribution in [0.25, 0.3) is 11.5 Å². The molecule has 20 heavy (non-hydrogen) atoms. The van der Waals surface area contributed by atoms with Crippen molar-refractivity contribution in [3.63, 3.8) is 0 Å². The highest BCUT2D eigenvalue weighted by Gasteiger charge is 2.22. The predicted octanol–water partition coefficient (Wildman–Crippen LogP) is 2.02. The van der Waals surface area contributed by atoms with E-state index in [4.69, 9.17) is 4.52 Å². The summed E-state index contributed by atoms with van der Waals surface area (Å²) in [5.74, 6) is 0.962. The maximum absolute atomic E-state index is 5.34. The van der Waals surface area contributed by atoms with Gasteiger partial charge in [0.2, 0.25) is 11.7 Å². The van der Waals surface area contributed by atoms with Gasteiger partial charge in [0.25, 0.3) is 0 Å². The summed E-state index contributed by atoms with van der Waals surface area (Å²) in [6.45, 7) is 5.94. The molecule has 0 aromatic carbocycles. The molecule has 3 aromatic rings. The highest BCUT2D eigenvalue weighted by atomic mass is 16.5. The standard InChI is InChI=1S/C13H14N6O/c1-7(11-8(2)17-18-9(11)3)13-16-12(19-20-13)10-6-14-4-5-15-10/h4-7H,1-3H3,(H,17,18)/t7-/m1/s1. The highest BCUT2D eigenvalue weighted by Crippen LogP contribution is 2.28. The molecule has 0 spiro atoms. The molecule has 0 aliphatic carbocycles. The van der Waals surface area contributed by atoms with Gasteiger partial charge in [-0.2, -0.15) is 10.1 Å². The summed E-state index contributed by atoms with van der Waals surface area (Å²) in [5.41, 5.74) is 3.62. The van der Waals surface area contributed by atoms with Gasteiger partial charge in [0, 0.05) is 23.7 Å². The summed E-state index contributed by atoms with van der Waals surface area (Å²) < 4.78 is 5.34. The summed E-state index contributed by atoms with van der Waals surface area (Å²) in [6.07, 6.45) is 4.80. The monoisotopic (exact) mass is 270 g/mol. The van der Waals surface area contributed by atoms with Gasteiger partial charge in [-0.3, -0.25) is 10.1 Å². The third kappa shape index (κ3) is 2.07. The largest absolute Gasteiger partial charge is 0.338 e. The first-order valence-corrected chi connectivity index (χ1v) is 6.28. The fourth-order valence-corrected chi connectivity index (χ4v) is 2.25. The lowest BCUT2D eigenvalue weighted by Crippen LogP contribution is -1.99. The van der Waals surface area contributed by atoms with E-state index in [0.29, 0.717) is 17.4 Å². The maximum Gasteiger partial charge on any atom is 0.234 e. The summed E-state index contributed by atoms with van der Waals surface area (Å²) in [7, 11) is 0. The van der Waals surface area contributed by atoms with E-state index in [1.54, 1.807) is 18.6 Å². The predicted molar refractivity (Wildman–Crippen MR) is 70.9 cm³/mol. The van der Waals surface area contributed by atoms with Crippen LogP contribution in [0.3, 0.4) is 0 Å². The molecule has 0 fully saturated rings. The Morgan fingerprint density at radius 1 is 1.25 bits per heavy atom. The number of nitrogens with one attached hydrogen (secondary N) is 1. The van der Waals surface area contributed by atoms with Crippen molar-refractivity contribution in [3.8, 4) is 11.5 Å². The van der Waals surface area contributed by atoms with Crippen LogP contribution in [0.4, 0.5) is 0 Å². The molecule has 0 amide bonds. The van der Waals surface area contributed by atoms with Crippen LogP contribution < -0.4 is 0 Å². The summed E-state index contributed by atoms with van der Waals surface area (Å²) in [6, 6.07) is 0. The highest BCUT2D eigenvalue weighted by molar-refractivity contribution is 5.46. The third-order valence-corrected chi connectivity index (χ3v) is 3.22. The van der Waals surface area contributed by atoms with E-state index in [1.807, 2.05) is 20.8 Å². The van der Waals surface area contributed by atoms with Crippen molar-refractivity contribution in [1.29, 1.82) is 0 Å². The van der Waals surface area contributed by atoms with Crippen LogP contribution in [-0.2, 0) is 0 Å². The Labute approximate surface area is 115 Å². The molecule has 3 heterocycles. The van der Waals surface area contributed by atoms with Crippen LogP contribution in [0.1, 0.15) is 35.7 Å². The second-order valence-electron chi connectivity index (χ2n) is 4.62. The van der Waals surface area contributed by atoms with E-state index in [2.05, 4.69) is 30.3 Å². The minimum absolute atomic E-state index is 0.0216. The van der Waals surface area contributed by atoms with Gasteiger partial charge >= 0.3 is 0 Å². The molecule has 7 nitrogen and oxygen atoms in total. The van der Waals surface area contributed by atoms with Crippen LogP contribution in [0, 0.1) is 13.8 Å². The Balaban J connectivity index is 1.95. The molecule has 7 heteroatoms. The lowest BCUT2D eigenvalue weighted by atomic mass is 9.99. The van der Waals surface area contributed by atoms with Crippen LogP contribution in [0.15, 0.2) is 23.1 Å². The van der Waals surface area contributed by atoms with Gasteiger partial charge in [0.1, 0.15) is 5.69 Å². The second kappa shape index (κ2) is 4.84. The van der Waals surface area contributed by atoms with Crippen molar-refractivity contribution in [1.82, 2.24) is 30.3 Å².